The number of aryl methyl sites for hydroxylation is 1. The van der Waals surface area contributed by atoms with Crippen LogP contribution in [0.2, 0.25) is 0 Å². The quantitative estimate of drug-likeness (QED) is 0.0884. The summed E-state index contributed by atoms with van der Waals surface area (Å²) in [7, 11) is 2.94. The second-order valence-electron chi connectivity index (χ2n) is 13.4. The molecule has 1 aliphatic heterocycles. The molecule has 2 aromatic carbocycles. The zero-order valence-electron chi connectivity index (χ0n) is 29.9. The first-order chi connectivity index (χ1) is 24.6. The molecule has 1 fully saturated rings. The first-order valence-corrected chi connectivity index (χ1v) is 17.2. The van der Waals surface area contributed by atoms with E-state index in [9.17, 15) is 14.4 Å². The number of hydrogen-bond acceptors (Lipinski definition) is 10. The molecular formula is C38H47N5O8. The number of hydrogen-bond donors (Lipinski definition) is 0. The van der Waals surface area contributed by atoms with E-state index in [4.69, 9.17) is 23.7 Å². The van der Waals surface area contributed by atoms with Gasteiger partial charge in [-0.3, -0.25) is 9.30 Å². The summed E-state index contributed by atoms with van der Waals surface area (Å²) in [6.07, 6.45) is 0.760. The number of carbonyl (C=O) groups is 3. The van der Waals surface area contributed by atoms with Gasteiger partial charge in [0.25, 0.3) is 0 Å². The molecule has 0 spiro atoms. The minimum Gasteiger partial charge on any atom is -0.488 e. The Balaban J connectivity index is 1.28. The van der Waals surface area contributed by atoms with Crippen molar-refractivity contribution in [2.24, 2.45) is 0 Å². The number of amides is 2. The minimum atomic E-state index is -0.828. The van der Waals surface area contributed by atoms with Crippen molar-refractivity contribution < 1.29 is 38.1 Å². The van der Waals surface area contributed by atoms with Gasteiger partial charge in [0.05, 0.1) is 19.3 Å². The van der Waals surface area contributed by atoms with Gasteiger partial charge in [-0.2, -0.15) is 0 Å². The molecular weight excluding hydrogens is 654 g/mol. The Morgan fingerprint density at radius 1 is 0.922 bits per heavy atom. The summed E-state index contributed by atoms with van der Waals surface area (Å²) in [4.78, 5) is 41.7. The van der Waals surface area contributed by atoms with Crippen molar-refractivity contribution in [3.05, 3.63) is 84.2 Å². The Labute approximate surface area is 298 Å². The highest BCUT2D eigenvalue weighted by Gasteiger charge is 2.42. The van der Waals surface area contributed by atoms with Gasteiger partial charge in [0, 0.05) is 45.2 Å². The normalized spacial score (nSPS) is 15.8. The van der Waals surface area contributed by atoms with E-state index in [0.29, 0.717) is 50.4 Å². The molecule has 0 radical (unpaired) electrons. The molecule has 0 saturated carbocycles. The van der Waals surface area contributed by atoms with Gasteiger partial charge in [0.15, 0.2) is 5.65 Å². The number of methoxy groups -OCH3 is 2. The van der Waals surface area contributed by atoms with Gasteiger partial charge in [-0.1, -0.05) is 48.5 Å². The fourth-order valence-electron chi connectivity index (χ4n) is 6.00. The van der Waals surface area contributed by atoms with Crippen LogP contribution in [-0.4, -0.2) is 101 Å². The summed E-state index contributed by atoms with van der Waals surface area (Å²) in [5.74, 6) is 0.813. The van der Waals surface area contributed by atoms with E-state index in [1.165, 1.54) is 12.0 Å². The van der Waals surface area contributed by atoms with E-state index in [1.54, 1.807) is 12.0 Å². The maximum absolute atomic E-state index is 13.1. The van der Waals surface area contributed by atoms with Crippen molar-refractivity contribution in [2.75, 3.05) is 40.5 Å². The lowest BCUT2D eigenvalue weighted by Gasteiger charge is -2.27. The zero-order chi connectivity index (χ0) is 36.4. The van der Waals surface area contributed by atoms with Crippen LogP contribution in [0.25, 0.3) is 16.9 Å². The first kappa shape index (κ1) is 37.1. The van der Waals surface area contributed by atoms with E-state index >= 15 is 0 Å². The molecule has 4 aromatic rings. The monoisotopic (exact) mass is 701 g/mol. The number of rotatable bonds is 14. The van der Waals surface area contributed by atoms with Crippen molar-refractivity contribution >= 4 is 23.8 Å². The number of pyridine rings is 1. The SMILES string of the molecule is COCCCN(CCCc1nnc2cccc(-c3cccc(O[C@H]4C[C@@H](C(=O)OC)N(C(=O)OCc5ccccc5)C4)c3)n12)C(=O)OC(C)(C)C. The lowest BCUT2D eigenvalue weighted by Crippen LogP contribution is -2.41. The number of nitrogens with zero attached hydrogens (tertiary/aromatic N) is 5. The van der Waals surface area contributed by atoms with Crippen LogP contribution < -0.4 is 4.74 Å². The second-order valence-corrected chi connectivity index (χ2v) is 13.4. The van der Waals surface area contributed by atoms with Crippen LogP contribution in [0.4, 0.5) is 9.59 Å². The van der Waals surface area contributed by atoms with Crippen LogP contribution >= 0.6 is 0 Å². The van der Waals surface area contributed by atoms with Crippen LogP contribution in [0.5, 0.6) is 5.75 Å². The van der Waals surface area contributed by atoms with Crippen LogP contribution in [0, 0.1) is 0 Å². The fraction of sp³-hybridized carbons (Fsp3) is 0.447. The highest BCUT2D eigenvalue weighted by Crippen LogP contribution is 2.29. The van der Waals surface area contributed by atoms with E-state index in [-0.39, 0.29) is 25.7 Å². The average molecular weight is 702 g/mol. The summed E-state index contributed by atoms with van der Waals surface area (Å²) in [6.45, 7) is 7.38. The summed E-state index contributed by atoms with van der Waals surface area (Å²) in [6, 6.07) is 22.0. The number of fused-ring (bicyclic) bond motifs is 1. The maximum Gasteiger partial charge on any atom is 0.410 e. The molecule has 0 aliphatic carbocycles. The summed E-state index contributed by atoms with van der Waals surface area (Å²) in [5.41, 5.74) is 2.68. The highest BCUT2D eigenvalue weighted by molar-refractivity contribution is 5.82. The summed E-state index contributed by atoms with van der Waals surface area (Å²) >= 11 is 0. The lowest BCUT2D eigenvalue weighted by molar-refractivity contribution is -0.145. The van der Waals surface area contributed by atoms with Crippen molar-refractivity contribution in [1.82, 2.24) is 24.4 Å². The predicted octanol–water partition coefficient (Wildman–Crippen LogP) is 5.93. The molecule has 3 heterocycles. The molecule has 13 nitrogen and oxygen atoms in total. The Morgan fingerprint density at radius 2 is 1.69 bits per heavy atom. The number of likely N-dealkylation sites (tertiary alicyclic amines) is 1. The van der Waals surface area contributed by atoms with Gasteiger partial charge in [-0.25, -0.2) is 14.4 Å². The molecule has 2 amide bonds. The third-order valence-electron chi connectivity index (χ3n) is 8.36. The highest BCUT2D eigenvalue weighted by atomic mass is 16.6. The van der Waals surface area contributed by atoms with E-state index in [1.807, 2.05) is 98.0 Å². The largest absolute Gasteiger partial charge is 0.488 e. The number of carbonyl (C=O) groups excluding carboxylic acids is 3. The molecule has 2 aromatic heterocycles. The third kappa shape index (κ3) is 9.97. The molecule has 1 saturated heterocycles. The van der Waals surface area contributed by atoms with Gasteiger partial charge in [0.2, 0.25) is 0 Å². The Bertz CT molecular complexity index is 1770. The molecule has 0 N–H and O–H groups in total. The minimum absolute atomic E-state index is 0.0880. The van der Waals surface area contributed by atoms with Crippen LogP contribution in [0.15, 0.2) is 72.8 Å². The fourth-order valence-corrected chi connectivity index (χ4v) is 6.00. The van der Waals surface area contributed by atoms with Gasteiger partial charge in [-0.15, -0.1) is 10.2 Å². The van der Waals surface area contributed by atoms with Crippen LogP contribution in [0.3, 0.4) is 0 Å². The van der Waals surface area contributed by atoms with Crippen LogP contribution in [0.1, 0.15) is 51.4 Å². The standard InChI is InChI=1S/C38H47N5O8/c1-38(2,3)51-36(45)41(21-12-22-47-4)20-11-19-34-40-39-33-18-10-17-31(43(33)34)28-15-9-16-29(23-28)50-30-24-32(35(44)48-5)42(25-30)37(46)49-26-27-13-7-6-8-14-27/h6-10,13-18,23,30,32H,11-12,19-22,24-26H2,1-5H3/t30-,32-/m0/s1. The van der Waals surface area contributed by atoms with Gasteiger partial charge in [-0.05, 0) is 63.4 Å². The molecule has 0 unspecified atom stereocenters. The number of benzene rings is 2. The molecule has 13 heteroatoms. The van der Waals surface area contributed by atoms with Crippen molar-refractivity contribution in [3.63, 3.8) is 0 Å². The van der Waals surface area contributed by atoms with Crippen molar-refractivity contribution in [1.29, 1.82) is 0 Å². The molecule has 51 heavy (non-hydrogen) atoms. The van der Waals surface area contributed by atoms with Gasteiger partial charge in [0.1, 0.15) is 35.9 Å². The number of ether oxygens (including phenoxy) is 5. The van der Waals surface area contributed by atoms with E-state index in [0.717, 1.165) is 22.6 Å². The third-order valence-corrected chi connectivity index (χ3v) is 8.36. The zero-order valence-corrected chi connectivity index (χ0v) is 29.9. The average Bonchev–Trinajstić information content (AvgIpc) is 3.74. The van der Waals surface area contributed by atoms with Gasteiger partial charge >= 0.3 is 18.2 Å². The number of esters is 1. The Hall–Kier alpha value is -5.17. The molecule has 2 atom stereocenters. The smallest absolute Gasteiger partial charge is 0.410 e. The van der Waals surface area contributed by atoms with Crippen molar-refractivity contribution in [3.8, 4) is 17.0 Å². The molecule has 0 bridgehead atoms. The molecule has 1 aliphatic rings. The van der Waals surface area contributed by atoms with Gasteiger partial charge < -0.3 is 28.6 Å². The molecule has 5 rings (SSSR count). The summed E-state index contributed by atoms with van der Waals surface area (Å²) in [5, 5.41) is 8.90. The topological polar surface area (TPSA) is 134 Å². The lowest BCUT2D eigenvalue weighted by atomic mass is 10.1. The predicted molar refractivity (Wildman–Crippen MR) is 189 cm³/mol. The van der Waals surface area contributed by atoms with Crippen molar-refractivity contribution in [2.45, 2.75) is 70.8 Å². The Morgan fingerprint density at radius 3 is 2.43 bits per heavy atom. The second kappa shape index (κ2) is 17.2. The van der Waals surface area contributed by atoms with E-state index < -0.39 is 29.8 Å². The Kier molecular flexibility index (Phi) is 12.5. The summed E-state index contributed by atoms with van der Waals surface area (Å²) < 4.78 is 29.7. The first-order valence-electron chi connectivity index (χ1n) is 17.2. The molecule has 272 valence electrons. The van der Waals surface area contributed by atoms with E-state index in [2.05, 4.69) is 10.2 Å². The van der Waals surface area contributed by atoms with Crippen LogP contribution in [-0.2, 0) is 36.8 Å². The number of aromatic nitrogens is 3. The maximum atomic E-state index is 13.1.